The summed E-state index contributed by atoms with van der Waals surface area (Å²) in [5.74, 6) is -1.17. The zero-order valence-electron chi connectivity index (χ0n) is 19.8. The number of thiazole rings is 1. The number of nitrogens with zero attached hydrogens (tertiary/aromatic N) is 1. The summed E-state index contributed by atoms with van der Waals surface area (Å²) in [5, 5.41) is 8.00. The highest BCUT2D eigenvalue weighted by Gasteiger charge is 2.26. The second-order valence-electron chi connectivity index (χ2n) is 8.50. The maximum absolute atomic E-state index is 12.7. The standard InChI is InChI=1S/C26H29N3O4S/c1-16(2)24(29-25(31)19-7-5-6-18(4)12-19)26(32)33-14-21-15-34-23(28-21)13-22(30)27-20-10-8-17(3)9-11-20/h5-12,15-16,24H,13-14H2,1-4H3,(H,27,30)(H,29,31)/t24-/m0/s1. The Hall–Kier alpha value is -3.52. The van der Waals surface area contributed by atoms with Crippen LogP contribution >= 0.6 is 11.3 Å². The molecule has 34 heavy (non-hydrogen) atoms. The van der Waals surface area contributed by atoms with Gasteiger partial charge >= 0.3 is 5.97 Å². The van der Waals surface area contributed by atoms with Crippen LogP contribution in [0, 0.1) is 19.8 Å². The summed E-state index contributed by atoms with van der Waals surface area (Å²) in [5.41, 5.74) is 3.86. The predicted octanol–water partition coefficient (Wildman–Crippen LogP) is 4.44. The number of aromatic nitrogens is 1. The van der Waals surface area contributed by atoms with Crippen LogP contribution in [-0.4, -0.2) is 28.8 Å². The van der Waals surface area contributed by atoms with E-state index in [1.165, 1.54) is 11.3 Å². The van der Waals surface area contributed by atoms with Crippen LogP contribution in [0.25, 0.3) is 0 Å². The van der Waals surface area contributed by atoms with Gasteiger partial charge in [-0.15, -0.1) is 11.3 Å². The van der Waals surface area contributed by atoms with E-state index < -0.39 is 12.0 Å². The van der Waals surface area contributed by atoms with Gasteiger partial charge in [-0.1, -0.05) is 49.2 Å². The normalized spacial score (nSPS) is 11.7. The van der Waals surface area contributed by atoms with Crippen LogP contribution in [0.4, 0.5) is 5.69 Å². The monoisotopic (exact) mass is 479 g/mol. The van der Waals surface area contributed by atoms with Crippen molar-refractivity contribution in [3.8, 4) is 0 Å². The van der Waals surface area contributed by atoms with Crippen molar-refractivity contribution >= 4 is 34.8 Å². The Morgan fingerprint density at radius 3 is 2.44 bits per heavy atom. The minimum atomic E-state index is -0.786. The van der Waals surface area contributed by atoms with Crippen molar-refractivity contribution in [3.05, 3.63) is 81.3 Å². The Kier molecular flexibility index (Phi) is 8.54. The lowest BCUT2D eigenvalue weighted by Gasteiger charge is -2.20. The third-order valence-corrected chi connectivity index (χ3v) is 5.99. The Morgan fingerprint density at radius 2 is 1.76 bits per heavy atom. The average Bonchev–Trinajstić information content (AvgIpc) is 3.24. The highest BCUT2D eigenvalue weighted by atomic mass is 32.1. The molecule has 2 amide bonds. The van der Waals surface area contributed by atoms with E-state index in [0.29, 0.717) is 16.3 Å². The number of carbonyl (C=O) groups excluding carboxylic acids is 3. The predicted molar refractivity (Wildman–Crippen MR) is 133 cm³/mol. The zero-order valence-corrected chi connectivity index (χ0v) is 20.6. The molecule has 3 aromatic rings. The van der Waals surface area contributed by atoms with Crippen LogP contribution in [-0.2, 0) is 27.4 Å². The van der Waals surface area contributed by atoms with Gasteiger partial charge in [0, 0.05) is 16.6 Å². The number of amides is 2. The quantitative estimate of drug-likeness (QED) is 0.442. The summed E-state index contributed by atoms with van der Waals surface area (Å²) < 4.78 is 5.43. The van der Waals surface area contributed by atoms with Crippen LogP contribution in [0.5, 0.6) is 0 Å². The largest absolute Gasteiger partial charge is 0.458 e. The summed E-state index contributed by atoms with van der Waals surface area (Å²) >= 11 is 1.33. The Morgan fingerprint density at radius 1 is 1.03 bits per heavy atom. The van der Waals surface area contributed by atoms with Crippen LogP contribution < -0.4 is 10.6 Å². The van der Waals surface area contributed by atoms with Crippen molar-refractivity contribution in [2.75, 3.05) is 5.32 Å². The summed E-state index contributed by atoms with van der Waals surface area (Å²) in [6.45, 7) is 7.54. The van der Waals surface area contributed by atoms with E-state index in [4.69, 9.17) is 4.74 Å². The molecule has 0 aliphatic carbocycles. The minimum Gasteiger partial charge on any atom is -0.458 e. The summed E-state index contributed by atoms with van der Waals surface area (Å²) in [7, 11) is 0. The van der Waals surface area contributed by atoms with Gasteiger partial charge in [0.25, 0.3) is 5.91 Å². The van der Waals surface area contributed by atoms with Gasteiger partial charge in [0.1, 0.15) is 17.7 Å². The molecule has 0 bridgehead atoms. The second kappa shape index (κ2) is 11.6. The van der Waals surface area contributed by atoms with E-state index in [0.717, 1.165) is 16.8 Å². The molecule has 0 aliphatic heterocycles. The lowest BCUT2D eigenvalue weighted by molar-refractivity contribution is -0.148. The number of carbonyl (C=O) groups is 3. The third-order valence-electron chi connectivity index (χ3n) is 5.10. The van der Waals surface area contributed by atoms with Crippen molar-refractivity contribution in [2.45, 2.75) is 46.8 Å². The van der Waals surface area contributed by atoms with Crippen LogP contribution in [0.2, 0.25) is 0 Å². The van der Waals surface area contributed by atoms with Crippen molar-refractivity contribution in [1.29, 1.82) is 0 Å². The third kappa shape index (κ3) is 7.25. The molecule has 178 valence electrons. The number of benzene rings is 2. The summed E-state index contributed by atoms with van der Waals surface area (Å²) in [4.78, 5) is 41.9. The fourth-order valence-electron chi connectivity index (χ4n) is 3.22. The smallest absolute Gasteiger partial charge is 0.329 e. The first-order valence-electron chi connectivity index (χ1n) is 11.0. The molecular weight excluding hydrogens is 450 g/mol. The first-order chi connectivity index (χ1) is 16.2. The lowest BCUT2D eigenvalue weighted by Crippen LogP contribution is -2.45. The number of aryl methyl sites for hydroxylation is 2. The maximum atomic E-state index is 12.7. The van der Waals surface area contributed by atoms with E-state index in [1.54, 1.807) is 23.6 Å². The van der Waals surface area contributed by atoms with Gasteiger partial charge in [0.15, 0.2) is 0 Å². The highest BCUT2D eigenvalue weighted by Crippen LogP contribution is 2.15. The van der Waals surface area contributed by atoms with Gasteiger partial charge in [-0.2, -0.15) is 0 Å². The SMILES string of the molecule is Cc1ccc(NC(=O)Cc2nc(COC(=O)[C@@H](NC(=O)c3cccc(C)c3)C(C)C)cs2)cc1. The lowest BCUT2D eigenvalue weighted by atomic mass is 10.0. The van der Waals surface area contributed by atoms with E-state index in [-0.39, 0.29) is 30.8 Å². The topological polar surface area (TPSA) is 97.4 Å². The van der Waals surface area contributed by atoms with E-state index in [1.807, 2.05) is 58.0 Å². The Bertz CT molecular complexity index is 1150. The molecule has 0 spiro atoms. The van der Waals surface area contributed by atoms with E-state index in [2.05, 4.69) is 15.6 Å². The molecule has 0 aliphatic rings. The van der Waals surface area contributed by atoms with Gasteiger partial charge in [-0.3, -0.25) is 9.59 Å². The fraction of sp³-hybridized carbons (Fsp3) is 0.308. The first kappa shape index (κ1) is 25.1. The summed E-state index contributed by atoms with van der Waals surface area (Å²) in [6.07, 6.45) is 0.133. The number of nitrogens with one attached hydrogen (secondary N) is 2. The molecule has 0 saturated heterocycles. The molecule has 2 aromatic carbocycles. The number of rotatable bonds is 9. The minimum absolute atomic E-state index is 0.0293. The van der Waals surface area contributed by atoms with Crippen LogP contribution in [0.1, 0.15) is 46.0 Å². The van der Waals surface area contributed by atoms with Crippen molar-refractivity contribution in [1.82, 2.24) is 10.3 Å². The molecule has 8 heteroatoms. The van der Waals surface area contributed by atoms with Crippen LogP contribution in [0.15, 0.2) is 53.9 Å². The number of esters is 1. The molecule has 3 rings (SSSR count). The van der Waals surface area contributed by atoms with Crippen molar-refractivity contribution < 1.29 is 19.1 Å². The Labute approximate surface area is 203 Å². The van der Waals surface area contributed by atoms with Gasteiger partial charge in [0.2, 0.25) is 5.91 Å². The molecule has 0 radical (unpaired) electrons. The number of ether oxygens (including phenoxy) is 1. The molecular formula is C26H29N3O4S. The molecule has 1 aromatic heterocycles. The van der Waals surface area contributed by atoms with Crippen molar-refractivity contribution in [3.63, 3.8) is 0 Å². The van der Waals surface area contributed by atoms with Gasteiger partial charge in [0.05, 0.1) is 12.1 Å². The molecule has 1 heterocycles. The fourth-order valence-corrected chi connectivity index (χ4v) is 4.00. The second-order valence-corrected chi connectivity index (χ2v) is 9.44. The molecule has 0 unspecified atom stereocenters. The van der Waals surface area contributed by atoms with Crippen LogP contribution in [0.3, 0.4) is 0 Å². The van der Waals surface area contributed by atoms with Gasteiger partial charge in [-0.05, 0) is 44.0 Å². The molecule has 2 N–H and O–H groups in total. The molecule has 7 nitrogen and oxygen atoms in total. The molecule has 0 saturated carbocycles. The van der Waals surface area contributed by atoms with Crippen molar-refractivity contribution in [2.24, 2.45) is 5.92 Å². The highest BCUT2D eigenvalue weighted by molar-refractivity contribution is 7.09. The maximum Gasteiger partial charge on any atom is 0.329 e. The summed E-state index contributed by atoms with van der Waals surface area (Å²) in [6, 6.07) is 13.9. The van der Waals surface area contributed by atoms with Gasteiger partial charge < -0.3 is 15.4 Å². The number of hydrogen-bond acceptors (Lipinski definition) is 6. The van der Waals surface area contributed by atoms with E-state index >= 15 is 0 Å². The average molecular weight is 480 g/mol. The Balaban J connectivity index is 1.52. The number of anilines is 1. The molecule has 0 fully saturated rings. The van der Waals surface area contributed by atoms with E-state index in [9.17, 15) is 14.4 Å². The number of hydrogen-bond donors (Lipinski definition) is 2. The van der Waals surface area contributed by atoms with Gasteiger partial charge in [-0.25, -0.2) is 9.78 Å². The first-order valence-corrected chi connectivity index (χ1v) is 11.9. The zero-order chi connectivity index (χ0) is 24.7. The molecule has 1 atom stereocenters.